The number of imidazole rings is 1. The second kappa shape index (κ2) is 7.54. The van der Waals surface area contributed by atoms with Gasteiger partial charge in [-0.3, -0.25) is 4.98 Å². The van der Waals surface area contributed by atoms with Gasteiger partial charge < -0.3 is 10.2 Å². The molecular formula is C20H26N5+. The Balaban J connectivity index is 2.11. The largest absolute Gasteiger partial charge is 0.309 e. The molecular weight excluding hydrogens is 310 g/mol. The number of anilines is 1. The van der Waals surface area contributed by atoms with Gasteiger partial charge in [-0.25, -0.2) is 0 Å². The maximum absolute atomic E-state index is 9.73. The molecule has 25 heavy (non-hydrogen) atoms. The van der Waals surface area contributed by atoms with Crippen LogP contribution in [0.5, 0.6) is 0 Å². The van der Waals surface area contributed by atoms with Gasteiger partial charge in [-0.1, -0.05) is 25.5 Å². The number of nitrogens with zero attached hydrogens (tertiary/aromatic N) is 3. The third-order valence-corrected chi connectivity index (χ3v) is 4.45. The van der Waals surface area contributed by atoms with Crippen LogP contribution in [0.2, 0.25) is 0 Å². The molecule has 0 unspecified atom stereocenters. The molecule has 0 aliphatic carbocycles. The number of aryl methyl sites for hydroxylation is 1. The summed E-state index contributed by atoms with van der Waals surface area (Å²) in [5.74, 6) is 1.05. The van der Waals surface area contributed by atoms with Gasteiger partial charge in [-0.15, -0.1) is 0 Å². The number of pyridine rings is 1. The topological polar surface area (TPSA) is 58.9 Å². The van der Waals surface area contributed by atoms with Crippen LogP contribution in [-0.4, -0.2) is 37.1 Å². The van der Waals surface area contributed by atoms with Gasteiger partial charge in [0.1, 0.15) is 22.7 Å². The predicted molar refractivity (Wildman–Crippen MR) is 102 cm³/mol. The molecule has 0 saturated carbocycles. The van der Waals surface area contributed by atoms with Gasteiger partial charge in [0.25, 0.3) is 0 Å². The highest BCUT2D eigenvalue weighted by atomic mass is 15.1. The van der Waals surface area contributed by atoms with Crippen molar-refractivity contribution in [2.24, 2.45) is 0 Å². The summed E-state index contributed by atoms with van der Waals surface area (Å²) in [4.78, 5) is 5.63. The lowest BCUT2D eigenvalue weighted by Gasteiger charge is -2.10. The Kier molecular flexibility index (Phi) is 5.20. The summed E-state index contributed by atoms with van der Waals surface area (Å²) < 4.78 is 2.14. The number of benzene rings is 1. The number of aromatic amines is 1. The molecule has 0 aliphatic rings. The Hall–Kier alpha value is -2.58. The number of hydrogen-bond donors (Lipinski definition) is 2. The molecule has 3 rings (SSSR count). The summed E-state index contributed by atoms with van der Waals surface area (Å²) in [6.45, 7) is 4.10. The molecule has 0 spiro atoms. The smallest absolute Gasteiger partial charge is 0.250 e. The fraction of sp³-hybridized carbons (Fsp3) is 0.400. The molecule has 130 valence electrons. The first-order valence-corrected chi connectivity index (χ1v) is 8.92. The molecule has 2 N–H and O–H groups in total. The number of H-pyrrole nitrogens is 1. The zero-order valence-electron chi connectivity index (χ0n) is 15.3. The van der Waals surface area contributed by atoms with Crippen molar-refractivity contribution in [2.75, 3.05) is 32.5 Å². The number of nitriles is 1. The Morgan fingerprint density at radius 1 is 1.28 bits per heavy atom. The predicted octanol–water partition coefficient (Wildman–Crippen LogP) is 3.09. The van der Waals surface area contributed by atoms with Crippen LogP contribution >= 0.6 is 0 Å². The zero-order chi connectivity index (χ0) is 17.8. The Morgan fingerprint density at radius 2 is 2.08 bits per heavy atom. The Labute approximate surface area is 148 Å². The lowest BCUT2D eigenvalue weighted by atomic mass is 10.1. The molecule has 0 saturated heterocycles. The number of rotatable bonds is 7. The molecule has 1 aromatic carbocycles. The van der Waals surface area contributed by atoms with Crippen molar-refractivity contribution in [3.05, 3.63) is 41.5 Å². The average Bonchev–Trinajstić information content (AvgIpc) is 2.98. The summed E-state index contributed by atoms with van der Waals surface area (Å²) in [5, 5.41) is 13.3. The molecule has 2 aromatic heterocycles. The van der Waals surface area contributed by atoms with Gasteiger partial charge in [-0.05, 0) is 44.6 Å². The quantitative estimate of drug-likeness (QED) is 0.515. The molecule has 3 aromatic rings. The van der Waals surface area contributed by atoms with E-state index in [1.807, 2.05) is 12.1 Å². The van der Waals surface area contributed by atoms with Crippen LogP contribution < -0.4 is 9.72 Å². The molecule has 0 atom stereocenters. The van der Waals surface area contributed by atoms with Crippen molar-refractivity contribution in [1.29, 1.82) is 5.26 Å². The first-order chi connectivity index (χ1) is 12.2. The number of fused-ring (bicyclic) bond motifs is 3. The minimum absolute atomic E-state index is 0.747. The lowest BCUT2D eigenvalue weighted by molar-refractivity contribution is -0.465. The number of para-hydroxylation sites is 2. The zero-order valence-corrected chi connectivity index (χ0v) is 15.3. The van der Waals surface area contributed by atoms with Crippen molar-refractivity contribution < 1.29 is 4.40 Å². The van der Waals surface area contributed by atoms with E-state index in [2.05, 4.69) is 64.9 Å². The highest BCUT2D eigenvalue weighted by molar-refractivity contribution is 5.77. The summed E-state index contributed by atoms with van der Waals surface area (Å²) in [7, 11) is 4.18. The van der Waals surface area contributed by atoms with Gasteiger partial charge in [0, 0.05) is 12.6 Å². The van der Waals surface area contributed by atoms with Gasteiger partial charge in [-0.2, -0.15) is 9.66 Å². The van der Waals surface area contributed by atoms with E-state index < -0.39 is 0 Å². The first kappa shape index (κ1) is 17.2. The second-order valence-electron chi connectivity index (χ2n) is 6.70. The molecule has 0 fully saturated rings. The monoisotopic (exact) mass is 336 g/mol. The maximum atomic E-state index is 9.73. The molecule has 5 nitrogen and oxygen atoms in total. The summed E-state index contributed by atoms with van der Waals surface area (Å²) in [6.07, 6.45) is 2.99. The third-order valence-electron chi connectivity index (χ3n) is 4.45. The summed E-state index contributed by atoms with van der Waals surface area (Å²) in [6, 6.07) is 12.7. The third kappa shape index (κ3) is 3.45. The van der Waals surface area contributed by atoms with Gasteiger partial charge in [0.15, 0.2) is 0 Å². The number of nitrogens with one attached hydrogen (secondary N) is 2. The lowest BCUT2D eigenvalue weighted by Crippen LogP contribution is -2.28. The van der Waals surface area contributed by atoms with Gasteiger partial charge in [0.05, 0.1) is 6.54 Å². The van der Waals surface area contributed by atoms with E-state index in [-0.39, 0.29) is 0 Å². The summed E-state index contributed by atoms with van der Waals surface area (Å²) >= 11 is 0. The minimum Gasteiger partial charge on any atom is -0.309 e. The van der Waals surface area contributed by atoms with Crippen molar-refractivity contribution in [1.82, 2.24) is 9.88 Å². The van der Waals surface area contributed by atoms with E-state index in [1.165, 1.54) is 0 Å². The average molecular weight is 336 g/mol. The standard InChI is InChI=1S/C20H25N5/c1-4-8-15-13-19(22-11-7-12-24(2)3)25-18-10-6-5-9-17(18)23-20(25)16(15)14-21/h5-6,9-10,13H,4,7-8,11-12H2,1-3H3,(H,22,23)/p+1. The molecule has 0 bridgehead atoms. The Bertz CT molecular complexity index is 917. The van der Waals surface area contributed by atoms with E-state index in [0.29, 0.717) is 0 Å². The van der Waals surface area contributed by atoms with Crippen molar-refractivity contribution >= 4 is 22.5 Å². The normalized spacial score (nSPS) is 11.3. The molecule has 2 heterocycles. The van der Waals surface area contributed by atoms with Crippen molar-refractivity contribution in [3.8, 4) is 6.07 Å². The Morgan fingerprint density at radius 3 is 2.80 bits per heavy atom. The number of aromatic nitrogens is 2. The maximum Gasteiger partial charge on any atom is 0.250 e. The van der Waals surface area contributed by atoms with Crippen LogP contribution in [0.3, 0.4) is 0 Å². The van der Waals surface area contributed by atoms with E-state index >= 15 is 0 Å². The van der Waals surface area contributed by atoms with Crippen LogP contribution in [0.1, 0.15) is 30.9 Å². The van der Waals surface area contributed by atoms with Crippen molar-refractivity contribution in [2.45, 2.75) is 26.2 Å². The van der Waals surface area contributed by atoms with Crippen LogP contribution in [0.15, 0.2) is 30.3 Å². The highest BCUT2D eigenvalue weighted by Gasteiger charge is 2.21. The second-order valence-corrected chi connectivity index (χ2v) is 6.70. The van der Waals surface area contributed by atoms with E-state index in [9.17, 15) is 5.26 Å². The van der Waals surface area contributed by atoms with Crippen molar-refractivity contribution in [3.63, 3.8) is 0 Å². The number of hydrogen-bond acceptors (Lipinski definition) is 3. The highest BCUT2D eigenvalue weighted by Crippen LogP contribution is 2.21. The van der Waals surface area contributed by atoms with Crippen LogP contribution in [-0.2, 0) is 6.42 Å². The van der Waals surface area contributed by atoms with Gasteiger partial charge >= 0.3 is 0 Å². The SMILES string of the molecule is CCCc1cc(NCCCN(C)C)[n+]2c([nH]c3ccccc32)c1C#N. The molecule has 0 amide bonds. The van der Waals surface area contributed by atoms with E-state index in [1.54, 1.807) is 0 Å². The van der Waals surface area contributed by atoms with E-state index in [0.717, 1.165) is 66.0 Å². The van der Waals surface area contributed by atoms with Gasteiger partial charge in [0.2, 0.25) is 11.5 Å². The minimum atomic E-state index is 0.747. The fourth-order valence-corrected chi connectivity index (χ4v) is 3.29. The molecule has 0 radical (unpaired) electrons. The summed E-state index contributed by atoms with van der Waals surface area (Å²) in [5.41, 5.74) is 4.87. The molecule has 5 heteroatoms. The van der Waals surface area contributed by atoms with Crippen LogP contribution in [0.25, 0.3) is 16.7 Å². The van der Waals surface area contributed by atoms with E-state index in [4.69, 9.17) is 0 Å². The van der Waals surface area contributed by atoms with Crippen LogP contribution in [0.4, 0.5) is 5.82 Å². The fourth-order valence-electron chi connectivity index (χ4n) is 3.29. The van der Waals surface area contributed by atoms with Crippen LogP contribution in [0, 0.1) is 11.3 Å². The molecule has 0 aliphatic heterocycles. The first-order valence-electron chi connectivity index (χ1n) is 8.92.